The van der Waals surface area contributed by atoms with Gasteiger partial charge >= 0.3 is 0 Å². The second kappa shape index (κ2) is 6.79. The van der Waals surface area contributed by atoms with Crippen LogP contribution >= 0.6 is 23.2 Å². The molecule has 5 heteroatoms. The number of amides is 1. The smallest absolute Gasteiger partial charge is 0.240 e. The largest absolute Gasteiger partial charge is 0.335 e. The maximum Gasteiger partial charge on any atom is 0.240 e. The van der Waals surface area contributed by atoms with E-state index in [0.29, 0.717) is 10.0 Å². The van der Waals surface area contributed by atoms with Crippen molar-refractivity contribution in [1.82, 2.24) is 10.2 Å². The van der Waals surface area contributed by atoms with Crippen molar-refractivity contribution in [3.8, 4) is 0 Å². The molecule has 1 amide bonds. The van der Waals surface area contributed by atoms with Crippen LogP contribution in [0.5, 0.6) is 0 Å². The number of carbonyl (C=O) groups is 1. The van der Waals surface area contributed by atoms with Crippen LogP contribution in [0.25, 0.3) is 0 Å². The van der Waals surface area contributed by atoms with Gasteiger partial charge in [-0.1, -0.05) is 36.2 Å². The van der Waals surface area contributed by atoms with Crippen LogP contribution in [0, 0.1) is 0 Å². The Hall–Kier alpha value is -0.770. The van der Waals surface area contributed by atoms with Crippen molar-refractivity contribution < 1.29 is 4.79 Å². The molecule has 1 aromatic rings. The van der Waals surface area contributed by atoms with E-state index in [-0.39, 0.29) is 18.0 Å². The Morgan fingerprint density at radius 2 is 2.20 bits per heavy atom. The molecule has 0 saturated carbocycles. The summed E-state index contributed by atoms with van der Waals surface area (Å²) in [7, 11) is 0. The number of halogens is 2. The first-order chi connectivity index (χ1) is 9.54. The predicted octanol–water partition coefficient (Wildman–Crippen LogP) is 3.65. The maximum atomic E-state index is 12.5. The number of benzene rings is 1. The molecule has 1 saturated heterocycles. The van der Waals surface area contributed by atoms with Crippen molar-refractivity contribution in [1.29, 1.82) is 0 Å². The molecule has 0 spiro atoms. The first-order valence-electron chi connectivity index (χ1n) is 7.03. The Balaban J connectivity index is 2.19. The lowest BCUT2D eigenvalue weighted by Gasteiger charge is -2.37. The molecular weight excluding hydrogens is 295 g/mol. The minimum Gasteiger partial charge on any atom is -0.335 e. The predicted molar refractivity (Wildman–Crippen MR) is 83.3 cm³/mol. The van der Waals surface area contributed by atoms with Gasteiger partial charge in [0, 0.05) is 16.6 Å². The molecule has 2 atom stereocenters. The summed E-state index contributed by atoms with van der Waals surface area (Å²) in [6, 6.07) is 5.34. The van der Waals surface area contributed by atoms with Gasteiger partial charge < -0.3 is 10.2 Å². The lowest BCUT2D eigenvalue weighted by atomic mass is 9.99. The van der Waals surface area contributed by atoms with Crippen LogP contribution in [-0.2, 0) is 4.79 Å². The topological polar surface area (TPSA) is 32.3 Å². The molecule has 0 bridgehead atoms. The summed E-state index contributed by atoms with van der Waals surface area (Å²) in [5.74, 6) is 0.164. The fourth-order valence-corrected chi connectivity index (χ4v) is 3.29. The molecule has 20 heavy (non-hydrogen) atoms. The SMILES string of the molecule is CCNC1CCCN(C(C)c2ccc(Cl)cc2Cl)C1=O. The van der Waals surface area contributed by atoms with Gasteiger partial charge in [-0.3, -0.25) is 4.79 Å². The number of hydrogen-bond acceptors (Lipinski definition) is 2. The lowest BCUT2D eigenvalue weighted by Crippen LogP contribution is -2.51. The van der Waals surface area contributed by atoms with Gasteiger partial charge in [-0.05, 0) is 44.0 Å². The summed E-state index contributed by atoms with van der Waals surface area (Å²) in [4.78, 5) is 14.4. The highest BCUT2D eigenvalue weighted by Crippen LogP contribution is 2.31. The maximum absolute atomic E-state index is 12.5. The van der Waals surface area contributed by atoms with Crippen molar-refractivity contribution in [2.24, 2.45) is 0 Å². The summed E-state index contributed by atoms with van der Waals surface area (Å²) in [5, 5.41) is 4.48. The van der Waals surface area contributed by atoms with Crippen LogP contribution in [0.15, 0.2) is 18.2 Å². The highest BCUT2D eigenvalue weighted by molar-refractivity contribution is 6.35. The second-order valence-electron chi connectivity index (χ2n) is 5.13. The minimum atomic E-state index is -0.0673. The quantitative estimate of drug-likeness (QED) is 0.920. The molecule has 110 valence electrons. The number of likely N-dealkylation sites (N-methyl/N-ethyl adjacent to an activating group) is 1. The molecule has 0 aliphatic carbocycles. The molecule has 1 fully saturated rings. The van der Waals surface area contributed by atoms with Gasteiger partial charge in [0.15, 0.2) is 0 Å². The fraction of sp³-hybridized carbons (Fsp3) is 0.533. The van der Waals surface area contributed by atoms with Crippen molar-refractivity contribution >= 4 is 29.1 Å². The molecule has 2 rings (SSSR count). The third-order valence-corrected chi connectivity index (χ3v) is 4.37. The summed E-state index contributed by atoms with van der Waals surface area (Å²) in [6.45, 7) is 5.62. The molecule has 1 heterocycles. The zero-order valence-electron chi connectivity index (χ0n) is 11.8. The molecule has 1 aliphatic rings. The van der Waals surface area contributed by atoms with Crippen LogP contribution in [0.1, 0.15) is 38.3 Å². The Bertz CT molecular complexity index is 491. The summed E-state index contributed by atoms with van der Waals surface area (Å²) in [6.07, 6.45) is 1.92. The third-order valence-electron chi connectivity index (χ3n) is 3.80. The van der Waals surface area contributed by atoms with E-state index in [2.05, 4.69) is 5.32 Å². The van der Waals surface area contributed by atoms with E-state index in [0.717, 1.165) is 31.5 Å². The number of hydrogen-bond donors (Lipinski definition) is 1. The molecule has 1 aliphatic heterocycles. The van der Waals surface area contributed by atoms with Gasteiger partial charge in [0.2, 0.25) is 5.91 Å². The Morgan fingerprint density at radius 3 is 2.85 bits per heavy atom. The van der Waals surface area contributed by atoms with E-state index in [1.54, 1.807) is 6.07 Å². The first-order valence-corrected chi connectivity index (χ1v) is 7.79. The summed E-state index contributed by atoms with van der Waals surface area (Å²) in [5.41, 5.74) is 0.946. The van der Waals surface area contributed by atoms with Gasteiger partial charge in [-0.15, -0.1) is 0 Å². The van der Waals surface area contributed by atoms with Crippen LogP contribution in [0.3, 0.4) is 0 Å². The zero-order chi connectivity index (χ0) is 14.7. The fourth-order valence-electron chi connectivity index (χ4n) is 2.73. The normalized spacial score (nSPS) is 21.1. The number of carbonyl (C=O) groups excluding carboxylic acids is 1. The van der Waals surface area contributed by atoms with Crippen molar-refractivity contribution in [2.45, 2.75) is 38.8 Å². The van der Waals surface area contributed by atoms with Gasteiger partial charge in [0.25, 0.3) is 0 Å². The van der Waals surface area contributed by atoms with Gasteiger partial charge in [-0.2, -0.15) is 0 Å². The van der Waals surface area contributed by atoms with E-state index in [4.69, 9.17) is 23.2 Å². The number of rotatable bonds is 4. The highest BCUT2D eigenvalue weighted by Gasteiger charge is 2.32. The average Bonchev–Trinajstić information content (AvgIpc) is 2.41. The minimum absolute atomic E-state index is 0.0336. The molecule has 0 radical (unpaired) electrons. The lowest BCUT2D eigenvalue weighted by molar-refractivity contribution is -0.138. The molecule has 2 unspecified atom stereocenters. The molecule has 0 aromatic heterocycles. The van der Waals surface area contributed by atoms with Crippen LogP contribution in [-0.4, -0.2) is 29.9 Å². The van der Waals surface area contributed by atoms with Crippen LogP contribution < -0.4 is 5.32 Å². The molecule has 1 N–H and O–H groups in total. The number of nitrogens with one attached hydrogen (secondary N) is 1. The summed E-state index contributed by atoms with van der Waals surface area (Å²) < 4.78 is 0. The van der Waals surface area contributed by atoms with Gasteiger partial charge in [0.05, 0.1) is 12.1 Å². The summed E-state index contributed by atoms with van der Waals surface area (Å²) >= 11 is 12.2. The molecular formula is C15H20Cl2N2O. The van der Waals surface area contributed by atoms with E-state index >= 15 is 0 Å². The van der Waals surface area contributed by atoms with Crippen molar-refractivity contribution in [3.05, 3.63) is 33.8 Å². The Kier molecular flexibility index (Phi) is 5.30. The van der Waals surface area contributed by atoms with Crippen LogP contribution in [0.4, 0.5) is 0 Å². The van der Waals surface area contributed by atoms with E-state index in [9.17, 15) is 4.79 Å². The van der Waals surface area contributed by atoms with E-state index < -0.39 is 0 Å². The van der Waals surface area contributed by atoms with E-state index in [1.807, 2.05) is 30.9 Å². The van der Waals surface area contributed by atoms with E-state index in [1.165, 1.54) is 0 Å². The first kappa shape index (κ1) is 15.6. The number of piperidine rings is 1. The van der Waals surface area contributed by atoms with Gasteiger partial charge in [0.1, 0.15) is 0 Å². The second-order valence-corrected chi connectivity index (χ2v) is 5.97. The number of likely N-dealkylation sites (tertiary alicyclic amines) is 1. The third kappa shape index (κ3) is 3.27. The Morgan fingerprint density at radius 1 is 1.45 bits per heavy atom. The highest BCUT2D eigenvalue weighted by atomic mass is 35.5. The monoisotopic (exact) mass is 314 g/mol. The molecule has 3 nitrogen and oxygen atoms in total. The van der Waals surface area contributed by atoms with Gasteiger partial charge in [-0.25, -0.2) is 0 Å². The zero-order valence-corrected chi connectivity index (χ0v) is 13.3. The Labute approximate surface area is 130 Å². The average molecular weight is 315 g/mol. The number of nitrogens with zero attached hydrogens (tertiary/aromatic N) is 1. The standard InChI is InChI=1S/C15H20Cl2N2O/c1-3-18-14-5-4-8-19(15(14)20)10(2)12-7-6-11(16)9-13(12)17/h6-7,9-10,14,18H,3-5,8H2,1-2H3. The molecule has 1 aromatic carbocycles. The van der Waals surface area contributed by atoms with Crippen molar-refractivity contribution in [3.63, 3.8) is 0 Å². The van der Waals surface area contributed by atoms with Crippen molar-refractivity contribution in [2.75, 3.05) is 13.1 Å². The van der Waals surface area contributed by atoms with Crippen LogP contribution in [0.2, 0.25) is 10.0 Å².